The number of fused-ring (bicyclic) bond motifs is 3. The number of hydrogen-bond acceptors (Lipinski definition) is 11. The molecule has 3 amide bonds. The number of carbonyl (C=O) groups excluding carboxylic acids is 4. The van der Waals surface area contributed by atoms with Gasteiger partial charge in [-0.2, -0.15) is 0 Å². The van der Waals surface area contributed by atoms with Crippen molar-refractivity contribution >= 4 is 23.9 Å². The molecule has 68 heavy (non-hydrogen) atoms. The second-order valence-corrected chi connectivity index (χ2v) is 22.4. The number of esters is 1. The minimum atomic E-state index is -1.57. The SMILES string of the molecule is COCCOC(=O)N1C(=O)[C@@]2(C3CC(C#CC4=CCCCC4)CCC31)[C@H](C1CCCCC1OCCO)N1[C@H](C3CCCCC3)[C@H](C3CCCCC3)OC(=O)[C@H]1[C@@H]2C(=O)NC[C@H](O)C1CCCCC1. The Kier molecular flexibility index (Phi) is 16.9. The number of amides is 3. The van der Waals surface area contributed by atoms with Crippen LogP contribution in [0.5, 0.6) is 0 Å². The minimum absolute atomic E-state index is 0.0131. The number of methoxy groups -OCH3 is 1. The summed E-state index contributed by atoms with van der Waals surface area (Å²) in [6.07, 6.45) is 24.6. The third-order valence-corrected chi connectivity index (χ3v) is 18.7. The van der Waals surface area contributed by atoms with Crippen LogP contribution in [0, 0.1) is 58.7 Å². The zero-order valence-electron chi connectivity index (χ0n) is 41.1. The molecule has 13 heteroatoms. The number of rotatable bonds is 13. The fourth-order valence-corrected chi connectivity index (χ4v) is 15.8. The average Bonchev–Trinajstić information content (AvgIpc) is 3.84. The fourth-order valence-electron chi connectivity index (χ4n) is 15.8. The highest BCUT2D eigenvalue weighted by Gasteiger charge is 2.80. The second-order valence-electron chi connectivity index (χ2n) is 22.4. The Bertz CT molecular complexity index is 1850. The fraction of sp³-hybridized carbons (Fsp3) is 0.855. The molecule has 0 aromatic heterocycles. The maximum Gasteiger partial charge on any atom is 0.416 e. The summed E-state index contributed by atoms with van der Waals surface area (Å²) in [5, 5.41) is 25.2. The first-order chi connectivity index (χ1) is 33.3. The van der Waals surface area contributed by atoms with Gasteiger partial charge in [0.25, 0.3) is 0 Å². The van der Waals surface area contributed by atoms with Crippen LogP contribution in [-0.2, 0) is 33.3 Å². The van der Waals surface area contributed by atoms with E-state index in [-0.39, 0.29) is 74.7 Å². The minimum Gasteiger partial charge on any atom is -0.459 e. The predicted molar refractivity (Wildman–Crippen MR) is 256 cm³/mol. The number of nitrogens with zero attached hydrogens (tertiary/aromatic N) is 2. The molecule has 1 spiro atoms. The van der Waals surface area contributed by atoms with Crippen molar-refractivity contribution in [3.8, 4) is 11.8 Å². The van der Waals surface area contributed by atoms with Crippen molar-refractivity contribution in [3.63, 3.8) is 0 Å². The standard InChI is InChI=1S/C55H83N3O10/c1-65-32-33-67-54(64)57-43-29-28-37(27-26-36-16-6-2-7-17-36)34-42(43)55(53(57)63)46(51(61)56-35-44(60)38-18-8-3-9-19-38)48-52(62)68-49(40-22-12-5-13-23-40)47(39-20-10-4-11-21-39)58(48)50(55)41-24-14-15-25-45(41)66-31-30-59/h16,37-50,59-60H,2-15,17-25,28-35H2,1H3,(H,56,61)/t37?,41?,42?,43?,44-,45?,46+,47+,48+,49-,50-,55+/m0/s1. The first-order valence-corrected chi connectivity index (χ1v) is 27.6. The van der Waals surface area contributed by atoms with E-state index in [1.165, 1.54) is 4.90 Å². The summed E-state index contributed by atoms with van der Waals surface area (Å²) < 4.78 is 24.8. The number of nitrogens with one attached hydrogen (secondary N) is 1. The van der Waals surface area contributed by atoms with Crippen molar-refractivity contribution in [1.82, 2.24) is 15.1 Å². The summed E-state index contributed by atoms with van der Waals surface area (Å²) in [5.74, 6) is 4.13. The summed E-state index contributed by atoms with van der Waals surface area (Å²) in [6, 6.07) is -2.58. The number of cyclic esters (lactones) is 1. The van der Waals surface area contributed by atoms with E-state index < -0.39 is 71.5 Å². The van der Waals surface area contributed by atoms with Crippen molar-refractivity contribution in [2.45, 2.75) is 209 Å². The number of aliphatic hydroxyl groups excluding tert-OH is 2. The van der Waals surface area contributed by atoms with Crippen LogP contribution in [0.4, 0.5) is 4.79 Å². The number of morpholine rings is 1. The lowest BCUT2D eigenvalue weighted by molar-refractivity contribution is -0.193. The molecule has 0 bridgehead atoms. The summed E-state index contributed by atoms with van der Waals surface area (Å²) in [5.41, 5.74) is -0.419. The molecule has 0 aromatic rings. The quantitative estimate of drug-likeness (QED) is 0.0945. The number of likely N-dealkylation sites (tertiary alicyclic amines) is 1. The lowest BCUT2D eigenvalue weighted by Crippen LogP contribution is -2.67. The van der Waals surface area contributed by atoms with Gasteiger partial charge in [0.15, 0.2) is 0 Å². The Labute approximate surface area is 405 Å². The molecule has 3 saturated heterocycles. The van der Waals surface area contributed by atoms with Crippen molar-refractivity contribution in [1.29, 1.82) is 0 Å². The third kappa shape index (κ3) is 9.94. The molecule has 9 rings (SSSR count). The molecule has 8 fully saturated rings. The number of ether oxygens (including phenoxy) is 4. The van der Waals surface area contributed by atoms with Crippen LogP contribution in [0.1, 0.15) is 167 Å². The highest BCUT2D eigenvalue weighted by atomic mass is 16.6. The molecular weight excluding hydrogens is 863 g/mol. The maximum atomic E-state index is 16.7. The van der Waals surface area contributed by atoms with E-state index in [4.69, 9.17) is 18.9 Å². The number of allylic oxidation sites excluding steroid dienone is 2. The van der Waals surface area contributed by atoms with Crippen LogP contribution in [0.2, 0.25) is 0 Å². The van der Waals surface area contributed by atoms with Crippen LogP contribution in [-0.4, -0.2) is 126 Å². The van der Waals surface area contributed by atoms with Crippen molar-refractivity contribution in [3.05, 3.63) is 11.6 Å². The Morgan fingerprint density at radius 3 is 2.26 bits per heavy atom. The number of imide groups is 1. The second kappa shape index (κ2) is 23.0. The average molecular weight is 946 g/mol. The van der Waals surface area contributed by atoms with Gasteiger partial charge >= 0.3 is 12.1 Å². The highest BCUT2D eigenvalue weighted by molar-refractivity contribution is 6.04. The molecule has 9 aliphatic rings. The van der Waals surface area contributed by atoms with Gasteiger partial charge in [-0.15, -0.1) is 0 Å². The molecule has 3 N–H and O–H groups in total. The summed E-state index contributed by atoms with van der Waals surface area (Å²) in [7, 11) is 1.54. The molecule has 12 atom stereocenters. The number of carbonyl (C=O) groups is 4. The van der Waals surface area contributed by atoms with Gasteiger partial charge in [-0.3, -0.25) is 19.3 Å². The van der Waals surface area contributed by atoms with Crippen molar-refractivity contribution < 1.29 is 48.3 Å². The van der Waals surface area contributed by atoms with Crippen LogP contribution < -0.4 is 5.32 Å². The summed E-state index contributed by atoms with van der Waals surface area (Å²) in [4.78, 5) is 66.9. The van der Waals surface area contributed by atoms with Crippen LogP contribution in [0.3, 0.4) is 0 Å². The van der Waals surface area contributed by atoms with E-state index >= 15 is 14.4 Å². The Morgan fingerprint density at radius 1 is 0.853 bits per heavy atom. The van der Waals surface area contributed by atoms with E-state index in [2.05, 4.69) is 28.1 Å². The van der Waals surface area contributed by atoms with Crippen LogP contribution >= 0.6 is 0 Å². The van der Waals surface area contributed by atoms with Gasteiger partial charge in [0.2, 0.25) is 11.8 Å². The van der Waals surface area contributed by atoms with Crippen LogP contribution in [0.25, 0.3) is 0 Å². The molecule has 5 saturated carbocycles. The van der Waals surface area contributed by atoms with Gasteiger partial charge in [0.1, 0.15) is 18.8 Å². The summed E-state index contributed by atoms with van der Waals surface area (Å²) in [6.45, 7) is 0.127. The molecule has 0 aromatic carbocycles. The molecule has 6 aliphatic carbocycles. The van der Waals surface area contributed by atoms with E-state index in [9.17, 15) is 15.0 Å². The smallest absolute Gasteiger partial charge is 0.416 e. The largest absolute Gasteiger partial charge is 0.459 e. The normalized spacial score (nSPS) is 36.8. The molecule has 3 heterocycles. The molecule has 3 aliphatic heterocycles. The first kappa shape index (κ1) is 49.9. The molecule has 378 valence electrons. The van der Waals surface area contributed by atoms with E-state index in [0.717, 1.165) is 147 Å². The summed E-state index contributed by atoms with van der Waals surface area (Å²) >= 11 is 0. The Morgan fingerprint density at radius 2 is 1.56 bits per heavy atom. The van der Waals surface area contributed by atoms with E-state index in [1.807, 2.05) is 0 Å². The lowest BCUT2D eigenvalue weighted by Gasteiger charge is -2.54. The van der Waals surface area contributed by atoms with E-state index in [0.29, 0.717) is 25.7 Å². The monoisotopic (exact) mass is 946 g/mol. The third-order valence-electron chi connectivity index (χ3n) is 18.7. The van der Waals surface area contributed by atoms with Gasteiger partial charge in [-0.05, 0) is 126 Å². The number of hydrogen-bond donors (Lipinski definition) is 3. The number of aliphatic hydroxyl groups is 2. The highest BCUT2D eigenvalue weighted by Crippen LogP contribution is 2.66. The van der Waals surface area contributed by atoms with Crippen LogP contribution in [0.15, 0.2) is 11.6 Å². The molecular formula is C55H83N3O10. The van der Waals surface area contributed by atoms with Crippen molar-refractivity contribution in [2.24, 2.45) is 46.8 Å². The molecule has 0 radical (unpaired) electrons. The molecule has 13 nitrogen and oxygen atoms in total. The van der Waals surface area contributed by atoms with Gasteiger partial charge in [-0.25, -0.2) is 9.69 Å². The van der Waals surface area contributed by atoms with Gasteiger partial charge < -0.3 is 34.5 Å². The Hall–Kier alpha value is -3.02. The Balaban J connectivity index is 1.24. The van der Waals surface area contributed by atoms with Gasteiger partial charge in [0, 0.05) is 37.6 Å². The predicted octanol–water partition coefficient (Wildman–Crippen LogP) is 7.64. The zero-order chi connectivity index (χ0) is 47.2. The zero-order valence-corrected chi connectivity index (χ0v) is 41.1. The lowest BCUT2D eigenvalue weighted by atomic mass is 9.55. The maximum absolute atomic E-state index is 16.7. The van der Waals surface area contributed by atoms with Gasteiger partial charge in [0.05, 0.1) is 49.4 Å². The molecule has 5 unspecified atom stereocenters. The van der Waals surface area contributed by atoms with E-state index in [1.54, 1.807) is 7.11 Å². The van der Waals surface area contributed by atoms with Crippen molar-refractivity contribution in [2.75, 3.05) is 40.1 Å². The topological polar surface area (TPSA) is 164 Å². The van der Waals surface area contributed by atoms with Gasteiger partial charge in [-0.1, -0.05) is 88.5 Å². The first-order valence-electron chi connectivity index (χ1n) is 27.6.